The molecule has 1 N–H and O–H groups in total. The number of hydrogen-bond donors (Lipinski definition) is 1. The fraction of sp³-hybridized carbons (Fsp3) is 0.231. The third kappa shape index (κ3) is 2.54. The number of likely N-dealkylation sites (N-methyl/N-ethyl adjacent to an activating group) is 1. The average molecular weight is 264 g/mol. The molecule has 0 fully saturated rings. The number of carbonyl (C=O) groups is 1. The smallest absolute Gasteiger partial charge is 0.241 e. The van der Waals surface area contributed by atoms with Gasteiger partial charge in [0.2, 0.25) is 5.91 Å². The zero-order valence-electron chi connectivity index (χ0n) is 10.3. The lowest BCUT2D eigenvalue weighted by molar-refractivity contribution is -0.126. The topological polar surface area (TPSA) is 45.2 Å². The van der Waals surface area contributed by atoms with Crippen molar-refractivity contribution in [1.29, 1.82) is 0 Å². The van der Waals surface area contributed by atoms with Gasteiger partial charge >= 0.3 is 0 Å². The first kappa shape index (κ1) is 12.6. The molecular weight excluding hydrogens is 250 g/mol. The van der Waals surface area contributed by atoms with Crippen LogP contribution in [-0.4, -0.2) is 36.4 Å². The lowest BCUT2D eigenvalue weighted by Gasteiger charge is -2.13. The van der Waals surface area contributed by atoms with Gasteiger partial charge in [-0.25, -0.2) is 0 Å². The Bertz CT molecular complexity index is 583. The average Bonchev–Trinajstić information content (AvgIpc) is 2.38. The van der Waals surface area contributed by atoms with E-state index < -0.39 is 0 Å². The summed E-state index contributed by atoms with van der Waals surface area (Å²) in [6.45, 7) is 0.236. The van der Waals surface area contributed by atoms with E-state index >= 15 is 0 Å². The minimum Gasteiger partial charge on any atom is -0.374 e. The molecule has 0 unspecified atom stereocenters. The van der Waals surface area contributed by atoms with Crippen LogP contribution < -0.4 is 5.32 Å². The number of halogens is 1. The predicted molar refractivity (Wildman–Crippen MR) is 73.9 cm³/mol. The number of anilines is 1. The summed E-state index contributed by atoms with van der Waals surface area (Å²) in [5.74, 6) is 0.00836. The number of aromatic nitrogens is 1. The van der Waals surface area contributed by atoms with Gasteiger partial charge in [0.15, 0.2) is 0 Å². The molecule has 1 aromatic carbocycles. The Hall–Kier alpha value is -1.81. The Kier molecular flexibility index (Phi) is 3.67. The van der Waals surface area contributed by atoms with Crippen molar-refractivity contribution in [3.63, 3.8) is 0 Å². The van der Waals surface area contributed by atoms with Crippen LogP contribution in [0.1, 0.15) is 0 Å². The van der Waals surface area contributed by atoms with Crippen molar-refractivity contribution in [3.8, 4) is 0 Å². The number of pyridine rings is 1. The van der Waals surface area contributed by atoms with Crippen molar-refractivity contribution in [1.82, 2.24) is 9.88 Å². The fourth-order valence-corrected chi connectivity index (χ4v) is 1.82. The maximum atomic E-state index is 11.5. The van der Waals surface area contributed by atoms with E-state index in [0.717, 1.165) is 16.6 Å². The summed E-state index contributed by atoms with van der Waals surface area (Å²) >= 11 is 6.10. The Balaban J connectivity index is 2.29. The number of rotatable bonds is 3. The molecule has 0 saturated carbocycles. The van der Waals surface area contributed by atoms with Gasteiger partial charge in [-0.2, -0.15) is 0 Å². The zero-order valence-corrected chi connectivity index (χ0v) is 11.0. The molecule has 0 radical (unpaired) electrons. The molecule has 1 aromatic heterocycles. The van der Waals surface area contributed by atoms with Crippen LogP contribution in [0.4, 0.5) is 5.69 Å². The SMILES string of the molecule is CN(C)C(=O)CNc1ccc(Cl)c2cccnc12. The Morgan fingerprint density at radius 3 is 2.89 bits per heavy atom. The van der Waals surface area contributed by atoms with Gasteiger partial charge in [0, 0.05) is 25.7 Å². The van der Waals surface area contributed by atoms with Gasteiger partial charge in [-0.15, -0.1) is 0 Å². The number of hydrogen-bond acceptors (Lipinski definition) is 3. The normalized spacial score (nSPS) is 10.4. The lowest BCUT2D eigenvalue weighted by atomic mass is 10.2. The molecule has 0 atom stereocenters. The molecule has 0 aliphatic rings. The third-order valence-electron chi connectivity index (χ3n) is 2.65. The van der Waals surface area contributed by atoms with Crippen LogP contribution in [0.2, 0.25) is 5.02 Å². The molecule has 4 nitrogen and oxygen atoms in total. The van der Waals surface area contributed by atoms with Gasteiger partial charge in [0.05, 0.1) is 22.8 Å². The standard InChI is InChI=1S/C13H14ClN3O/c1-17(2)12(18)8-16-11-6-5-10(14)9-4-3-7-15-13(9)11/h3-7,16H,8H2,1-2H3. The van der Waals surface area contributed by atoms with E-state index in [1.807, 2.05) is 18.2 Å². The number of benzene rings is 1. The second kappa shape index (κ2) is 5.23. The first-order valence-corrected chi connectivity index (χ1v) is 5.94. The molecule has 1 heterocycles. The van der Waals surface area contributed by atoms with Crippen molar-refractivity contribution in [2.75, 3.05) is 26.0 Å². The molecule has 94 valence electrons. The van der Waals surface area contributed by atoms with Crippen molar-refractivity contribution in [3.05, 3.63) is 35.5 Å². The first-order valence-electron chi connectivity index (χ1n) is 5.57. The maximum Gasteiger partial charge on any atom is 0.241 e. The van der Waals surface area contributed by atoms with Crippen LogP contribution in [0, 0.1) is 0 Å². The van der Waals surface area contributed by atoms with Crippen LogP contribution in [0.3, 0.4) is 0 Å². The van der Waals surface area contributed by atoms with Crippen LogP contribution in [0.15, 0.2) is 30.5 Å². The van der Waals surface area contributed by atoms with Gasteiger partial charge in [-0.1, -0.05) is 11.6 Å². The monoisotopic (exact) mass is 263 g/mol. The summed E-state index contributed by atoms with van der Waals surface area (Å²) in [5, 5.41) is 4.62. The number of nitrogens with one attached hydrogen (secondary N) is 1. The number of amides is 1. The molecular formula is C13H14ClN3O. The summed E-state index contributed by atoms with van der Waals surface area (Å²) in [5.41, 5.74) is 1.58. The summed E-state index contributed by atoms with van der Waals surface area (Å²) in [7, 11) is 3.45. The molecule has 1 amide bonds. The van der Waals surface area contributed by atoms with Gasteiger partial charge < -0.3 is 10.2 Å². The van der Waals surface area contributed by atoms with E-state index in [9.17, 15) is 4.79 Å². The highest BCUT2D eigenvalue weighted by Crippen LogP contribution is 2.27. The highest BCUT2D eigenvalue weighted by atomic mass is 35.5. The van der Waals surface area contributed by atoms with Crippen molar-refractivity contribution >= 4 is 34.1 Å². The molecule has 0 aliphatic carbocycles. The zero-order chi connectivity index (χ0) is 13.1. The summed E-state index contributed by atoms with van der Waals surface area (Å²) in [4.78, 5) is 17.4. The molecule has 5 heteroatoms. The fourth-order valence-electron chi connectivity index (χ4n) is 1.61. The third-order valence-corrected chi connectivity index (χ3v) is 2.97. The molecule has 0 saturated heterocycles. The van der Waals surface area contributed by atoms with Gasteiger partial charge in [0.1, 0.15) is 0 Å². The van der Waals surface area contributed by atoms with E-state index in [-0.39, 0.29) is 12.5 Å². The lowest BCUT2D eigenvalue weighted by Crippen LogP contribution is -2.28. The van der Waals surface area contributed by atoms with Gasteiger partial charge in [0.25, 0.3) is 0 Å². The number of nitrogens with zero attached hydrogens (tertiary/aromatic N) is 2. The summed E-state index contributed by atoms with van der Waals surface area (Å²) in [6, 6.07) is 7.38. The highest BCUT2D eigenvalue weighted by molar-refractivity contribution is 6.35. The van der Waals surface area contributed by atoms with Crippen LogP contribution in [-0.2, 0) is 4.79 Å². The minimum absolute atomic E-state index is 0.00836. The predicted octanol–water partition coefficient (Wildman–Crippen LogP) is 2.39. The molecule has 0 aliphatic heterocycles. The van der Waals surface area contributed by atoms with Crippen molar-refractivity contribution in [2.24, 2.45) is 0 Å². The Morgan fingerprint density at radius 2 is 2.17 bits per heavy atom. The van der Waals surface area contributed by atoms with E-state index in [2.05, 4.69) is 10.3 Å². The molecule has 2 aromatic rings. The highest BCUT2D eigenvalue weighted by Gasteiger charge is 2.08. The first-order chi connectivity index (χ1) is 8.59. The molecule has 2 rings (SSSR count). The molecule has 0 spiro atoms. The summed E-state index contributed by atoms with van der Waals surface area (Å²) < 4.78 is 0. The van der Waals surface area contributed by atoms with Crippen LogP contribution in [0.5, 0.6) is 0 Å². The maximum absolute atomic E-state index is 11.5. The van der Waals surface area contributed by atoms with Crippen LogP contribution in [0.25, 0.3) is 10.9 Å². The largest absolute Gasteiger partial charge is 0.374 e. The quantitative estimate of drug-likeness (QED) is 0.925. The Morgan fingerprint density at radius 1 is 1.39 bits per heavy atom. The number of carbonyl (C=O) groups excluding carboxylic acids is 1. The second-order valence-electron chi connectivity index (χ2n) is 4.14. The van der Waals surface area contributed by atoms with Gasteiger partial charge in [-0.05, 0) is 24.3 Å². The second-order valence-corrected chi connectivity index (χ2v) is 4.54. The van der Waals surface area contributed by atoms with E-state index in [4.69, 9.17) is 11.6 Å². The Labute approximate surface area is 111 Å². The van der Waals surface area contributed by atoms with Crippen molar-refractivity contribution in [2.45, 2.75) is 0 Å². The van der Waals surface area contributed by atoms with E-state index in [1.54, 1.807) is 31.3 Å². The van der Waals surface area contributed by atoms with Gasteiger partial charge in [-0.3, -0.25) is 9.78 Å². The summed E-state index contributed by atoms with van der Waals surface area (Å²) in [6.07, 6.45) is 1.71. The van der Waals surface area contributed by atoms with E-state index in [0.29, 0.717) is 5.02 Å². The van der Waals surface area contributed by atoms with E-state index in [1.165, 1.54) is 0 Å². The molecule has 0 bridgehead atoms. The minimum atomic E-state index is 0.00836. The molecule has 18 heavy (non-hydrogen) atoms. The number of fused-ring (bicyclic) bond motifs is 1. The van der Waals surface area contributed by atoms with Crippen molar-refractivity contribution < 1.29 is 4.79 Å². The van der Waals surface area contributed by atoms with Crippen LogP contribution >= 0.6 is 11.6 Å².